The highest BCUT2D eigenvalue weighted by molar-refractivity contribution is 5.73. The third-order valence-corrected chi connectivity index (χ3v) is 4.31. The summed E-state index contributed by atoms with van der Waals surface area (Å²) in [5, 5.41) is 9.62. The van der Waals surface area contributed by atoms with Gasteiger partial charge in [-0.1, -0.05) is 27.7 Å². The Morgan fingerprint density at radius 2 is 1.72 bits per heavy atom. The number of carbonyl (C=O) groups excluding carboxylic acids is 1. The van der Waals surface area contributed by atoms with Crippen molar-refractivity contribution in [1.82, 2.24) is 9.80 Å². The minimum Gasteiger partial charge on any atom is -0.480 e. The van der Waals surface area contributed by atoms with E-state index in [1.54, 1.807) is 4.90 Å². The summed E-state index contributed by atoms with van der Waals surface area (Å²) in [5.74, 6) is -0.0421. The van der Waals surface area contributed by atoms with Gasteiger partial charge in [-0.25, -0.2) is 4.79 Å². The predicted octanol–water partition coefficient (Wildman–Crippen LogP) is 3.45. The Morgan fingerprint density at radius 3 is 2.16 bits per heavy atom. The van der Waals surface area contributed by atoms with E-state index in [-0.39, 0.29) is 12.1 Å². The summed E-state index contributed by atoms with van der Waals surface area (Å²) in [6.45, 7) is 15.6. The van der Waals surface area contributed by atoms with Crippen LogP contribution in [0.2, 0.25) is 0 Å². The molecular weight excluding hydrogens is 320 g/mol. The number of aliphatic carboxylic acids is 1. The van der Waals surface area contributed by atoms with Gasteiger partial charge >= 0.3 is 12.1 Å². The van der Waals surface area contributed by atoms with Crippen LogP contribution in [-0.4, -0.2) is 64.3 Å². The molecule has 0 bridgehead atoms. The van der Waals surface area contributed by atoms with Crippen LogP contribution in [0.1, 0.15) is 61.3 Å². The molecule has 1 aliphatic rings. The van der Waals surface area contributed by atoms with Crippen LogP contribution in [0.3, 0.4) is 0 Å². The molecule has 25 heavy (non-hydrogen) atoms. The molecule has 1 N–H and O–H groups in total. The topological polar surface area (TPSA) is 70.1 Å². The van der Waals surface area contributed by atoms with E-state index in [9.17, 15) is 14.7 Å². The van der Waals surface area contributed by atoms with Gasteiger partial charge in [-0.05, 0) is 45.4 Å². The van der Waals surface area contributed by atoms with Gasteiger partial charge in [-0.15, -0.1) is 0 Å². The Morgan fingerprint density at radius 1 is 1.12 bits per heavy atom. The summed E-state index contributed by atoms with van der Waals surface area (Å²) in [6, 6.07) is -0.506. The zero-order chi connectivity index (χ0) is 19.4. The van der Waals surface area contributed by atoms with Gasteiger partial charge in [0.1, 0.15) is 11.6 Å². The van der Waals surface area contributed by atoms with Crippen LogP contribution in [0.4, 0.5) is 4.79 Å². The number of carboxylic acid groups (broad SMARTS) is 1. The van der Waals surface area contributed by atoms with E-state index in [1.165, 1.54) is 0 Å². The number of piperazine rings is 1. The number of amides is 1. The lowest BCUT2D eigenvalue weighted by Crippen LogP contribution is -2.59. The maximum atomic E-state index is 12.6. The number of carboxylic acids is 1. The van der Waals surface area contributed by atoms with E-state index in [1.807, 2.05) is 39.5 Å². The fraction of sp³-hybridized carbons (Fsp3) is 0.895. The van der Waals surface area contributed by atoms with E-state index in [2.05, 4.69) is 13.8 Å². The summed E-state index contributed by atoms with van der Waals surface area (Å²) >= 11 is 0. The van der Waals surface area contributed by atoms with Crippen LogP contribution in [0, 0.1) is 11.8 Å². The minimum absolute atomic E-state index is 0.0161. The lowest BCUT2D eigenvalue weighted by molar-refractivity contribution is -0.145. The molecule has 146 valence electrons. The summed E-state index contributed by atoms with van der Waals surface area (Å²) in [7, 11) is 0. The summed E-state index contributed by atoms with van der Waals surface area (Å²) in [6.07, 6.45) is 1.16. The molecule has 0 spiro atoms. The van der Waals surface area contributed by atoms with Crippen LogP contribution in [0.25, 0.3) is 0 Å². The van der Waals surface area contributed by atoms with Gasteiger partial charge in [0.05, 0.1) is 0 Å². The molecule has 0 radical (unpaired) electrons. The highest BCUT2D eigenvalue weighted by Gasteiger charge is 2.37. The molecule has 6 nitrogen and oxygen atoms in total. The van der Waals surface area contributed by atoms with Gasteiger partial charge < -0.3 is 14.7 Å². The second kappa shape index (κ2) is 8.88. The molecule has 0 aromatic carbocycles. The molecule has 1 saturated heterocycles. The monoisotopic (exact) mass is 356 g/mol. The van der Waals surface area contributed by atoms with E-state index >= 15 is 0 Å². The summed E-state index contributed by atoms with van der Waals surface area (Å²) in [4.78, 5) is 28.1. The number of ether oxygens (including phenoxy) is 1. The number of carbonyl (C=O) groups is 2. The summed E-state index contributed by atoms with van der Waals surface area (Å²) in [5.41, 5.74) is -0.530. The number of nitrogens with zero attached hydrogens (tertiary/aromatic N) is 2. The first-order valence-corrected chi connectivity index (χ1v) is 9.37. The van der Waals surface area contributed by atoms with Gasteiger partial charge in [0.2, 0.25) is 0 Å². The molecule has 2 atom stereocenters. The zero-order valence-corrected chi connectivity index (χ0v) is 16.9. The largest absolute Gasteiger partial charge is 0.480 e. The van der Waals surface area contributed by atoms with Crippen LogP contribution >= 0.6 is 0 Å². The lowest BCUT2D eigenvalue weighted by Gasteiger charge is -2.44. The van der Waals surface area contributed by atoms with Crippen molar-refractivity contribution in [2.75, 3.05) is 19.6 Å². The van der Waals surface area contributed by atoms with Crippen molar-refractivity contribution < 1.29 is 19.4 Å². The van der Waals surface area contributed by atoms with Gasteiger partial charge in [-0.3, -0.25) is 9.69 Å². The Bertz CT molecular complexity index is 457. The molecule has 1 amide bonds. The van der Waals surface area contributed by atoms with Crippen molar-refractivity contribution in [3.8, 4) is 0 Å². The molecule has 6 heteroatoms. The van der Waals surface area contributed by atoms with Gasteiger partial charge in [0, 0.05) is 25.7 Å². The van der Waals surface area contributed by atoms with Crippen molar-refractivity contribution in [2.24, 2.45) is 11.8 Å². The highest BCUT2D eigenvalue weighted by Crippen LogP contribution is 2.23. The third-order valence-electron chi connectivity index (χ3n) is 4.31. The first-order chi connectivity index (χ1) is 11.4. The predicted molar refractivity (Wildman–Crippen MR) is 98.6 cm³/mol. The van der Waals surface area contributed by atoms with Crippen LogP contribution < -0.4 is 0 Å². The van der Waals surface area contributed by atoms with Crippen LogP contribution in [0.15, 0.2) is 0 Å². The molecule has 0 aliphatic carbocycles. The van der Waals surface area contributed by atoms with E-state index < -0.39 is 17.6 Å². The van der Waals surface area contributed by atoms with E-state index in [4.69, 9.17) is 4.74 Å². The van der Waals surface area contributed by atoms with E-state index in [0.717, 1.165) is 6.42 Å². The minimum atomic E-state index is -0.775. The second-order valence-electron chi connectivity index (χ2n) is 8.94. The smallest absolute Gasteiger partial charge is 0.410 e. The SMILES string of the molecule is CC(C)C[C@H]1CN([C@@H](CC(C)C)C(=O)O)CCN1C(=O)OC(C)(C)C. The number of hydrogen-bond donors (Lipinski definition) is 1. The van der Waals surface area contributed by atoms with Gasteiger partial charge in [-0.2, -0.15) is 0 Å². The van der Waals surface area contributed by atoms with Crippen LogP contribution in [0.5, 0.6) is 0 Å². The van der Waals surface area contributed by atoms with Gasteiger partial charge in [0.15, 0.2) is 0 Å². The molecule has 1 heterocycles. The van der Waals surface area contributed by atoms with Crippen molar-refractivity contribution in [2.45, 2.75) is 79.0 Å². The molecule has 1 rings (SSSR count). The third kappa shape index (κ3) is 7.22. The fourth-order valence-corrected chi connectivity index (χ4v) is 3.32. The maximum Gasteiger partial charge on any atom is 0.410 e. The molecule has 0 saturated carbocycles. The normalized spacial score (nSPS) is 20.8. The molecule has 0 aromatic rings. The first-order valence-electron chi connectivity index (χ1n) is 9.37. The average molecular weight is 357 g/mol. The molecule has 0 unspecified atom stereocenters. The Labute approximate surface area is 152 Å². The molecular formula is C19H36N2O4. The van der Waals surface area contributed by atoms with E-state index in [0.29, 0.717) is 37.9 Å². The maximum absolute atomic E-state index is 12.6. The average Bonchev–Trinajstić information content (AvgIpc) is 2.41. The van der Waals surface area contributed by atoms with Gasteiger partial charge in [0.25, 0.3) is 0 Å². The first kappa shape index (κ1) is 21.7. The Hall–Kier alpha value is -1.30. The quantitative estimate of drug-likeness (QED) is 0.789. The fourth-order valence-electron chi connectivity index (χ4n) is 3.32. The zero-order valence-electron chi connectivity index (χ0n) is 16.9. The number of rotatable bonds is 6. The number of hydrogen-bond acceptors (Lipinski definition) is 4. The Kier molecular flexibility index (Phi) is 7.72. The standard InChI is InChI=1S/C19H36N2O4/c1-13(2)10-15-12-20(16(17(22)23)11-14(3)4)8-9-21(15)18(24)25-19(5,6)7/h13-16H,8-12H2,1-7H3,(H,22,23)/t15-,16-/m0/s1. The lowest BCUT2D eigenvalue weighted by atomic mass is 9.97. The van der Waals surface area contributed by atoms with Crippen molar-refractivity contribution in [3.05, 3.63) is 0 Å². The van der Waals surface area contributed by atoms with Crippen LogP contribution in [-0.2, 0) is 9.53 Å². The van der Waals surface area contributed by atoms with Crippen molar-refractivity contribution in [1.29, 1.82) is 0 Å². The molecule has 0 aromatic heterocycles. The van der Waals surface area contributed by atoms with Crippen molar-refractivity contribution in [3.63, 3.8) is 0 Å². The molecule has 1 fully saturated rings. The second-order valence-corrected chi connectivity index (χ2v) is 8.94. The Balaban J connectivity index is 2.90. The summed E-state index contributed by atoms with van der Waals surface area (Å²) < 4.78 is 5.55. The molecule has 1 aliphatic heterocycles. The highest BCUT2D eigenvalue weighted by atomic mass is 16.6. The van der Waals surface area contributed by atoms with Crippen molar-refractivity contribution >= 4 is 12.1 Å².